The van der Waals surface area contributed by atoms with Gasteiger partial charge in [-0.15, -0.1) is 0 Å². The molecule has 3 fully saturated rings. The average Bonchev–Trinajstić information content (AvgIpc) is 3.58. The van der Waals surface area contributed by atoms with Gasteiger partial charge in [0, 0.05) is 18.5 Å². The molecule has 0 aromatic rings. The summed E-state index contributed by atoms with van der Waals surface area (Å²) >= 11 is 0. The minimum Gasteiger partial charge on any atom is -0.444 e. The van der Waals surface area contributed by atoms with Crippen molar-refractivity contribution in [2.75, 3.05) is 6.54 Å². The Bertz CT molecular complexity index is 1090. The molecule has 4 rings (SSSR count). The number of ether oxygens (including phenoxy) is 1. The first-order valence-corrected chi connectivity index (χ1v) is 14.4. The lowest BCUT2D eigenvalue weighted by Crippen LogP contribution is -2.61. The van der Waals surface area contributed by atoms with Crippen molar-refractivity contribution in [2.24, 2.45) is 40.7 Å². The third kappa shape index (κ3) is 5.83. The van der Waals surface area contributed by atoms with Gasteiger partial charge >= 0.3 is 6.09 Å². The maximum absolute atomic E-state index is 14.3. The van der Waals surface area contributed by atoms with Gasteiger partial charge in [0.25, 0.3) is 0 Å². The Hall–Kier alpha value is -3.11. The van der Waals surface area contributed by atoms with E-state index in [4.69, 9.17) is 10.5 Å². The van der Waals surface area contributed by atoms with Crippen LogP contribution in [0.1, 0.15) is 67.7 Å². The van der Waals surface area contributed by atoms with Crippen LogP contribution in [0.2, 0.25) is 0 Å². The molecule has 11 heteroatoms. The largest absolute Gasteiger partial charge is 0.444 e. The van der Waals surface area contributed by atoms with Crippen molar-refractivity contribution >= 4 is 29.7 Å². The maximum Gasteiger partial charge on any atom is 0.408 e. The highest BCUT2D eigenvalue weighted by atomic mass is 16.6. The van der Waals surface area contributed by atoms with Gasteiger partial charge in [0.1, 0.15) is 23.7 Å². The van der Waals surface area contributed by atoms with Crippen LogP contribution in [0, 0.1) is 35.0 Å². The molecule has 11 nitrogen and oxygen atoms in total. The van der Waals surface area contributed by atoms with E-state index in [1.165, 1.54) is 0 Å². The van der Waals surface area contributed by atoms with E-state index < -0.39 is 53.0 Å². The van der Waals surface area contributed by atoms with Crippen LogP contribution < -0.4 is 21.7 Å². The summed E-state index contributed by atoms with van der Waals surface area (Å²) in [5.41, 5.74) is 4.23. The molecular formula is C29H45N5O6. The van der Waals surface area contributed by atoms with E-state index in [-0.39, 0.29) is 47.9 Å². The summed E-state index contributed by atoms with van der Waals surface area (Å²) in [4.78, 5) is 67.3. The molecule has 0 aromatic carbocycles. The number of fused-ring (bicyclic) bond motifs is 5. The first-order chi connectivity index (χ1) is 18.5. The number of nitrogens with one attached hydrogen (secondary N) is 3. The van der Waals surface area contributed by atoms with Crippen molar-refractivity contribution in [1.29, 1.82) is 0 Å². The molecule has 40 heavy (non-hydrogen) atoms. The van der Waals surface area contributed by atoms with Crippen LogP contribution in [0.25, 0.3) is 0 Å². The van der Waals surface area contributed by atoms with Gasteiger partial charge in [-0.3, -0.25) is 19.2 Å². The minimum absolute atomic E-state index is 0.0736. The molecule has 5 amide bonds. The molecule has 4 aliphatic rings. The fraction of sp³-hybridized carbons (Fsp3) is 0.759. The van der Waals surface area contributed by atoms with Crippen LogP contribution in [0.15, 0.2) is 12.2 Å². The van der Waals surface area contributed by atoms with Gasteiger partial charge in [0.05, 0.1) is 0 Å². The number of hydrogen-bond acceptors (Lipinski definition) is 6. The molecule has 0 unspecified atom stereocenters. The van der Waals surface area contributed by atoms with Gasteiger partial charge in [0.15, 0.2) is 0 Å². The number of carbonyl (C=O) groups is 5. The molecule has 2 bridgehead atoms. The fourth-order valence-corrected chi connectivity index (χ4v) is 7.17. The van der Waals surface area contributed by atoms with E-state index in [1.807, 2.05) is 27.7 Å². The molecule has 0 aromatic heterocycles. The van der Waals surface area contributed by atoms with Crippen molar-refractivity contribution in [3.8, 4) is 0 Å². The minimum atomic E-state index is -1.04. The average molecular weight is 560 g/mol. The summed E-state index contributed by atoms with van der Waals surface area (Å²) < 4.78 is 5.45. The zero-order chi connectivity index (χ0) is 29.7. The second-order valence-electron chi connectivity index (χ2n) is 14.0. The van der Waals surface area contributed by atoms with Crippen LogP contribution in [-0.2, 0) is 23.9 Å². The molecule has 2 aliphatic heterocycles. The first-order valence-electron chi connectivity index (χ1n) is 14.4. The SMILES string of the molecule is C[C@H]1[C@H]2[C@@H]([C@@H](C(=O)N[C@@H](C[C@@H]3CCNC3=O)C(N)=O)N1C(=O)[C@@H](NC(=O)OC(C)(C)C)C(C)(C)C)[C@H]1C=C[C@@H]2C1. The maximum atomic E-state index is 14.3. The van der Waals surface area contributed by atoms with Crippen molar-refractivity contribution in [2.45, 2.75) is 97.5 Å². The van der Waals surface area contributed by atoms with Crippen molar-refractivity contribution in [3.05, 3.63) is 12.2 Å². The van der Waals surface area contributed by atoms with Crippen LogP contribution >= 0.6 is 0 Å². The van der Waals surface area contributed by atoms with Gasteiger partial charge < -0.3 is 31.3 Å². The van der Waals surface area contributed by atoms with Crippen molar-refractivity contribution < 1.29 is 28.7 Å². The van der Waals surface area contributed by atoms with Crippen molar-refractivity contribution in [3.63, 3.8) is 0 Å². The number of primary amides is 1. The number of hydrogen-bond donors (Lipinski definition) is 4. The zero-order valence-corrected chi connectivity index (χ0v) is 24.7. The van der Waals surface area contributed by atoms with Crippen LogP contribution in [0.4, 0.5) is 4.79 Å². The van der Waals surface area contributed by atoms with Gasteiger partial charge in [-0.1, -0.05) is 32.9 Å². The number of amides is 5. The lowest BCUT2D eigenvalue weighted by atomic mass is 9.79. The van der Waals surface area contributed by atoms with Gasteiger partial charge in [-0.2, -0.15) is 0 Å². The Kier molecular flexibility index (Phi) is 7.99. The molecular weight excluding hydrogens is 514 g/mol. The predicted molar refractivity (Wildman–Crippen MR) is 147 cm³/mol. The molecule has 222 valence electrons. The third-order valence-electron chi connectivity index (χ3n) is 8.88. The predicted octanol–water partition coefficient (Wildman–Crippen LogP) is 1.46. The summed E-state index contributed by atoms with van der Waals surface area (Å²) in [6, 6.07) is -3.12. The standard InChI is InChI=1S/C29H45N5O6/c1-14-19-15-8-9-16(12-15)20(19)21(25(37)32-18(23(30)35)13-17-10-11-31-24(17)36)34(14)26(38)22(28(2,3)4)33-27(39)40-29(5,6)7/h8-9,14-22H,10-13H2,1-7H3,(H2,30,35)(H,31,36)(H,32,37)(H,33,39)/t14-,15+,16-,17-,18-,19+,20-,21-,22+/m0/s1. The Balaban J connectivity index is 1.63. The quantitative estimate of drug-likeness (QED) is 0.346. The highest BCUT2D eigenvalue weighted by Gasteiger charge is 2.62. The highest BCUT2D eigenvalue weighted by molar-refractivity contribution is 5.95. The van der Waals surface area contributed by atoms with Gasteiger partial charge in [-0.05, 0) is 76.0 Å². The third-order valence-corrected chi connectivity index (χ3v) is 8.88. The van der Waals surface area contributed by atoms with Gasteiger partial charge in [-0.25, -0.2) is 4.79 Å². The number of allylic oxidation sites excluding steroid dienone is 2. The fourth-order valence-electron chi connectivity index (χ4n) is 7.17. The van der Waals surface area contributed by atoms with Gasteiger partial charge in [0.2, 0.25) is 23.6 Å². The molecule has 5 N–H and O–H groups in total. The van der Waals surface area contributed by atoms with Crippen LogP contribution in [0.3, 0.4) is 0 Å². The summed E-state index contributed by atoms with van der Waals surface area (Å²) in [6.07, 6.45) is 5.18. The van der Waals surface area contributed by atoms with E-state index in [9.17, 15) is 24.0 Å². The lowest BCUT2D eigenvalue weighted by Gasteiger charge is -2.39. The highest BCUT2D eigenvalue weighted by Crippen LogP contribution is 2.56. The van der Waals surface area contributed by atoms with E-state index in [0.29, 0.717) is 13.0 Å². The van der Waals surface area contributed by atoms with E-state index in [1.54, 1.807) is 25.7 Å². The first kappa shape index (κ1) is 29.9. The molecule has 0 radical (unpaired) electrons. The topological polar surface area (TPSA) is 160 Å². The van der Waals surface area contributed by atoms with Crippen LogP contribution in [0.5, 0.6) is 0 Å². The van der Waals surface area contributed by atoms with E-state index in [2.05, 4.69) is 28.1 Å². The summed E-state index contributed by atoms with van der Waals surface area (Å²) in [5.74, 6) is -1.80. The summed E-state index contributed by atoms with van der Waals surface area (Å²) in [6.45, 7) is 13.3. The zero-order valence-electron chi connectivity index (χ0n) is 24.7. The number of carbonyl (C=O) groups excluding carboxylic acids is 5. The van der Waals surface area contributed by atoms with Crippen LogP contribution in [-0.4, -0.2) is 70.9 Å². The smallest absolute Gasteiger partial charge is 0.408 e. The normalized spacial score (nSPS) is 32.3. The molecule has 2 saturated heterocycles. The Morgan fingerprint density at radius 3 is 2.23 bits per heavy atom. The monoisotopic (exact) mass is 559 g/mol. The van der Waals surface area contributed by atoms with Crippen molar-refractivity contribution in [1.82, 2.24) is 20.9 Å². The van der Waals surface area contributed by atoms with E-state index >= 15 is 0 Å². The molecule has 1 saturated carbocycles. The second kappa shape index (κ2) is 10.7. The summed E-state index contributed by atoms with van der Waals surface area (Å²) in [7, 11) is 0. The number of rotatable bonds is 7. The van der Waals surface area contributed by atoms with E-state index in [0.717, 1.165) is 6.42 Å². The molecule has 2 heterocycles. The summed E-state index contributed by atoms with van der Waals surface area (Å²) in [5, 5.41) is 8.32. The second-order valence-corrected chi connectivity index (χ2v) is 14.0. The lowest BCUT2D eigenvalue weighted by molar-refractivity contribution is -0.145. The Morgan fingerprint density at radius 2 is 1.70 bits per heavy atom. The Labute approximate surface area is 236 Å². The molecule has 0 spiro atoms. The molecule has 9 atom stereocenters. The Morgan fingerprint density at radius 1 is 1.07 bits per heavy atom. The number of likely N-dealkylation sites (tertiary alicyclic amines) is 1. The number of alkyl carbamates (subject to hydrolysis) is 1. The number of nitrogens with two attached hydrogens (primary N) is 1. The number of nitrogens with zero attached hydrogens (tertiary/aromatic N) is 1. The molecule has 2 aliphatic carbocycles.